The highest BCUT2D eigenvalue weighted by molar-refractivity contribution is 5.99. The first-order chi connectivity index (χ1) is 7.67. The number of nitrogens with one attached hydrogen (secondary N) is 2. The van der Waals surface area contributed by atoms with Crippen LogP contribution in [0.5, 0.6) is 0 Å². The number of rotatable bonds is 8. The fourth-order valence-electron chi connectivity index (χ4n) is 1.19. The quantitative estimate of drug-likeness (QED) is 0.392. The van der Waals surface area contributed by atoms with Gasteiger partial charge < -0.3 is 10.4 Å². The van der Waals surface area contributed by atoms with E-state index in [2.05, 4.69) is 10.8 Å². The average molecular weight is 232 g/mol. The van der Waals surface area contributed by atoms with E-state index in [9.17, 15) is 9.59 Å². The van der Waals surface area contributed by atoms with Gasteiger partial charge in [-0.2, -0.15) is 0 Å². The van der Waals surface area contributed by atoms with Gasteiger partial charge in [0.2, 0.25) is 5.91 Å². The largest absolute Gasteiger partial charge is 0.395 e. The van der Waals surface area contributed by atoms with Crippen molar-refractivity contribution in [1.82, 2.24) is 10.8 Å². The lowest BCUT2D eigenvalue weighted by Crippen LogP contribution is -2.42. The zero-order valence-corrected chi connectivity index (χ0v) is 9.78. The number of carbonyl (C=O) groups is 2. The Hall–Kier alpha value is -1.14. The van der Waals surface area contributed by atoms with Crippen molar-refractivity contribution in [3.05, 3.63) is 0 Å². The summed E-state index contributed by atoms with van der Waals surface area (Å²) in [5, 5.41) is 11.0. The van der Waals surface area contributed by atoms with Gasteiger partial charge in [-0.1, -0.05) is 13.3 Å². The molecule has 0 aliphatic heterocycles. The van der Waals surface area contributed by atoms with Crippen LogP contribution in [0.25, 0.3) is 0 Å². The van der Waals surface area contributed by atoms with Gasteiger partial charge in [-0.05, 0) is 13.3 Å². The van der Waals surface area contributed by atoms with E-state index in [-0.39, 0.29) is 19.1 Å². The van der Waals surface area contributed by atoms with Gasteiger partial charge in [-0.25, -0.2) is 5.48 Å². The second-order valence-corrected chi connectivity index (χ2v) is 3.26. The maximum atomic E-state index is 11.6. The molecular formula is C10H20N2O4. The molecule has 94 valence electrons. The van der Waals surface area contributed by atoms with Gasteiger partial charge in [-0.3, -0.25) is 14.4 Å². The third-order valence-electron chi connectivity index (χ3n) is 1.94. The van der Waals surface area contributed by atoms with Crippen molar-refractivity contribution < 1.29 is 19.5 Å². The Balaban J connectivity index is 4.22. The minimum atomic E-state index is -0.761. The van der Waals surface area contributed by atoms with E-state index in [0.29, 0.717) is 13.0 Å². The molecule has 0 bridgehead atoms. The summed E-state index contributed by atoms with van der Waals surface area (Å²) in [5.41, 5.74) is 2.21. The van der Waals surface area contributed by atoms with Crippen LogP contribution >= 0.6 is 0 Å². The summed E-state index contributed by atoms with van der Waals surface area (Å²) >= 11 is 0. The standard InChI is InChI=1S/C10H20N2O4/c1-3-5-8(9(14)11-6-7-13)10(15)12-16-4-2/h8,13H,3-7H2,1-2H3,(H,11,14)(H,12,15). The molecule has 0 spiro atoms. The molecule has 0 saturated carbocycles. The van der Waals surface area contributed by atoms with E-state index in [4.69, 9.17) is 9.94 Å². The van der Waals surface area contributed by atoms with Gasteiger partial charge in [0, 0.05) is 6.54 Å². The molecule has 1 atom stereocenters. The van der Waals surface area contributed by atoms with Crippen molar-refractivity contribution in [1.29, 1.82) is 0 Å². The summed E-state index contributed by atoms with van der Waals surface area (Å²) in [6.45, 7) is 3.99. The molecule has 6 heteroatoms. The van der Waals surface area contributed by atoms with E-state index in [1.807, 2.05) is 6.92 Å². The van der Waals surface area contributed by atoms with Gasteiger partial charge in [0.05, 0.1) is 13.2 Å². The molecule has 0 aliphatic rings. The summed E-state index contributed by atoms with van der Waals surface area (Å²) in [4.78, 5) is 27.8. The number of hydrogen-bond donors (Lipinski definition) is 3. The number of amides is 2. The predicted molar refractivity (Wildman–Crippen MR) is 58.3 cm³/mol. The van der Waals surface area contributed by atoms with E-state index in [1.165, 1.54) is 0 Å². The number of carbonyl (C=O) groups excluding carboxylic acids is 2. The van der Waals surface area contributed by atoms with Crippen molar-refractivity contribution >= 4 is 11.8 Å². The molecule has 3 N–H and O–H groups in total. The first-order valence-corrected chi connectivity index (χ1v) is 5.47. The van der Waals surface area contributed by atoms with Gasteiger partial charge >= 0.3 is 0 Å². The molecule has 0 heterocycles. The zero-order valence-electron chi connectivity index (χ0n) is 9.78. The van der Waals surface area contributed by atoms with E-state index in [0.717, 1.165) is 6.42 Å². The zero-order chi connectivity index (χ0) is 12.4. The number of aliphatic hydroxyl groups excluding tert-OH is 1. The van der Waals surface area contributed by atoms with Crippen molar-refractivity contribution in [2.75, 3.05) is 19.8 Å². The van der Waals surface area contributed by atoms with Crippen LogP contribution in [0.1, 0.15) is 26.7 Å². The summed E-state index contributed by atoms with van der Waals surface area (Å²) in [5.74, 6) is -1.59. The Bertz CT molecular complexity index is 201. The maximum Gasteiger partial charge on any atom is 0.256 e. The van der Waals surface area contributed by atoms with Crippen LogP contribution in [0, 0.1) is 5.92 Å². The normalized spacial score (nSPS) is 11.9. The monoisotopic (exact) mass is 232 g/mol. The number of aliphatic hydroxyl groups is 1. The highest BCUT2D eigenvalue weighted by Gasteiger charge is 2.25. The highest BCUT2D eigenvalue weighted by atomic mass is 16.6. The SMILES string of the molecule is CCCC(C(=O)NCCO)C(=O)NOCC. The Labute approximate surface area is 95.3 Å². The van der Waals surface area contributed by atoms with Crippen LogP contribution in [0.4, 0.5) is 0 Å². The summed E-state index contributed by atoms with van der Waals surface area (Å²) < 4.78 is 0. The molecule has 0 aromatic rings. The maximum absolute atomic E-state index is 11.6. The molecule has 6 nitrogen and oxygen atoms in total. The molecule has 0 aromatic heterocycles. The minimum absolute atomic E-state index is 0.141. The van der Waals surface area contributed by atoms with Gasteiger partial charge in [0.1, 0.15) is 5.92 Å². The van der Waals surface area contributed by atoms with Crippen LogP contribution in [-0.2, 0) is 14.4 Å². The Kier molecular flexibility index (Phi) is 8.46. The fraction of sp³-hybridized carbons (Fsp3) is 0.800. The number of hydrogen-bond acceptors (Lipinski definition) is 4. The van der Waals surface area contributed by atoms with Crippen molar-refractivity contribution in [2.45, 2.75) is 26.7 Å². The van der Waals surface area contributed by atoms with Crippen molar-refractivity contribution in [2.24, 2.45) is 5.92 Å². The Morgan fingerprint density at radius 2 is 2.00 bits per heavy atom. The molecule has 0 radical (unpaired) electrons. The van der Waals surface area contributed by atoms with Crippen LogP contribution < -0.4 is 10.8 Å². The van der Waals surface area contributed by atoms with Gasteiger partial charge in [-0.15, -0.1) is 0 Å². The lowest BCUT2D eigenvalue weighted by Gasteiger charge is -2.15. The number of hydroxylamine groups is 1. The third kappa shape index (κ3) is 5.67. The molecule has 0 aromatic carbocycles. The Morgan fingerprint density at radius 3 is 2.50 bits per heavy atom. The molecule has 1 unspecified atom stereocenters. The fourth-order valence-corrected chi connectivity index (χ4v) is 1.19. The second-order valence-electron chi connectivity index (χ2n) is 3.26. The van der Waals surface area contributed by atoms with Crippen LogP contribution in [0.3, 0.4) is 0 Å². The first-order valence-electron chi connectivity index (χ1n) is 5.47. The smallest absolute Gasteiger partial charge is 0.256 e. The van der Waals surface area contributed by atoms with E-state index >= 15 is 0 Å². The summed E-state index contributed by atoms with van der Waals surface area (Å²) in [6, 6.07) is 0. The molecule has 16 heavy (non-hydrogen) atoms. The molecule has 0 aliphatic carbocycles. The van der Waals surface area contributed by atoms with Crippen LogP contribution in [-0.4, -0.2) is 36.7 Å². The summed E-state index contributed by atoms with van der Waals surface area (Å²) in [7, 11) is 0. The van der Waals surface area contributed by atoms with Crippen molar-refractivity contribution in [3.63, 3.8) is 0 Å². The minimum Gasteiger partial charge on any atom is -0.395 e. The van der Waals surface area contributed by atoms with Crippen molar-refractivity contribution in [3.8, 4) is 0 Å². The molecule has 2 amide bonds. The lowest BCUT2D eigenvalue weighted by molar-refractivity contribution is -0.143. The molecular weight excluding hydrogens is 212 g/mol. The molecule has 0 rings (SSSR count). The molecule has 0 saturated heterocycles. The lowest BCUT2D eigenvalue weighted by atomic mass is 10.0. The van der Waals surface area contributed by atoms with Crippen LogP contribution in [0.2, 0.25) is 0 Å². The highest BCUT2D eigenvalue weighted by Crippen LogP contribution is 2.06. The topological polar surface area (TPSA) is 87.7 Å². The Morgan fingerprint density at radius 1 is 1.31 bits per heavy atom. The van der Waals surface area contributed by atoms with Gasteiger partial charge in [0.25, 0.3) is 5.91 Å². The third-order valence-corrected chi connectivity index (χ3v) is 1.94. The second kappa shape index (κ2) is 9.11. The van der Waals surface area contributed by atoms with Crippen LogP contribution in [0.15, 0.2) is 0 Å². The molecule has 0 fully saturated rings. The average Bonchev–Trinajstić information content (AvgIpc) is 2.29. The van der Waals surface area contributed by atoms with Gasteiger partial charge in [0.15, 0.2) is 0 Å². The predicted octanol–water partition coefficient (Wildman–Crippen LogP) is -0.421. The van der Waals surface area contributed by atoms with E-state index < -0.39 is 11.8 Å². The van der Waals surface area contributed by atoms with E-state index in [1.54, 1.807) is 6.92 Å². The summed E-state index contributed by atoms with van der Waals surface area (Å²) in [6.07, 6.45) is 1.17. The first kappa shape index (κ1) is 14.9.